The topological polar surface area (TPSA) is 15.3 Å². The molecule has 1 aliphatic rings. The van der Waals surface area contributed by atoms with Crippen molar-refractivity contribution in [3.63, 3.8) is 0 Å². The van der Waals surface area contributed by atoms with Crippen LogP contribution in [-0.2, 0) is 0 Å². The molecule has 0 aliphatic carbocycles. The molecule has 0 aromatic rings. The molecule has 78 valence electrons. The summed E-state index contributed by atoms with van der Waals surface area (Å²) >= 11 is 0. The molecule has 2 unspecified atom stereocenters. The van der Waals surface area contributed by atoms with E-state index in [1.807, 2.05) is 7.05 Å². The predicted molar refractivity (Wildman–Crippen MR) is 53.7 cm³/mol. The first-order valence-electron chi connectivity index (χ1n) is 5.01. The minimum Gasteiger partial charge on any atom is -0.314 e. The zero-order valence-corrected chi connectivity index (χ0v) is 9.10. The Hall–Kier alpha value is -0.150. The van der Waals surface area contributed by atoms with Crippen molar-refractivity contribution in [1.82, 2.24) is 10.2 Å². The Kier molecular flexibility index (Phi) is 3.30. The van der Waals surface area contributed by atoms with Gasteiger partial charge >= 0.3 is 0 Å². The van der Waals surface area contributed by atoms with E-state index in [0.717, 1.165) is 13.0 Å². The van der Waals surface area contributed by atoms with Crippen LogP contribution in [0.2, 0.25) is 0 Å². The lowest BCUT2D eigenvalue weighted by molar-refractivity contribution is 0.0438. The van der Waals surface area contributed by atoms with E-state index in [4.69, 9.17) is 0 Å². The largest absolute Gasteiger partial charge is 0.314 e. The van der Waals surface area contributed by atoms with Crippen LogP contribution < -0.4 is 5.32 Å². The van der Waals surface area contributed by atoms with Gasteiger partial charge in [0.1, 0.15) is 6.17 Å². The molecule has 0 amide bonds. The standard InChI is InChI=1S/C10H21FN2/c1-10(2,3)13-6-5-9(12-4)8(11)7-13/h8-9,12H,5-7H2,1-4H3. The highest BCUT2D eigenvalue weighted by atomic mass is 19.1. The summed E-state index contributed by atoms with van der Waals surface area (Å²) in [4.78, 5) is 2.21. The first kappa shape index (κ1) is 10.9. The first-order chi connectivity index (χ1) is 5.95. The zero-order valence-electron chi connectivity index (χ0n) is 9.10. The van der Waals surface area contributed by atoms with Crippen molar-refractivity contribution in [2.24, 2.45) is 0 Å². The Balaban J connectivity index is 2.51. The van der Waals surface area contributed by atoms with Gasteiger partial charge in [-0.25, -0.2) is 4.39 Å². The molecule has 2 nitrogen and oxygen atoms in total. The molecule has 0 aromatic carbocycles. The third kappa shape index (κ3) is 2.64. The van der Waals surface area contributed by atoms with E-state index in [2.05, 4.69) is 31.0 Å². The molecule has 1 aliphatic heterocycles. The van der Waals surface area contributed by atoms with Crippen molar-refractivity contribution in [2.45, 2.75) is 44.9 Å². The van der Waals surface area contributed by atoms with Gasteiger partial charge in [0.25, 0.3) is 0 Å². The average Bonchev–Trinajstić information content (AvgIpc) is 2.02. The van der Waals surface area contributed by atoms with E-state index in [0.29, 0.717) is 6.54 Å². The molecular weight excluding hydrogens is 167 g/mol. The lowest BCUT2D eigenvalue weighted by atomic mass is 9.97. The normalized spacial score (nSPS) is 32.1. The third-order valence-electron chi connectivity index (χ3n) is 2.86. The molecule has 0 radical (unpaired) electrons. The fourth-order valence-electron chi connectivity index (χ4n) is 1.84. The second-order valence-electron chi connectivity index (χ2n) is 4.82. The van der Waals surface area contributed by atoms with E-state index in [-0.39, 0.29) is 11.6 Å². The highest BCUT2D eigenvalue weighted by molar-refractivity contribution is 4.89. The minimum absolute atomic E-state index is 0.0543. The number of likely N-dealkylation sites (tertiary alicyclic amines) is 1. The van der Waals surface area contributed by atoms with Crippen LogP contribution in [-0.4, -0.2) is 42.8 Å². The van der Waals surface area contributed by atoms with Gasteiger partial charge in [-0.05, 0) is 34.2 Å². The summed E-state index contributed by atoms with van der Waals surface area (Å²) in [6, 6.07) is 0.0543. The highest BCUT2D eigenvalue weighted by Crippen LogP contribution is 2.21. The van der Waals surface area contributed by atoms with Gasteiger partial charge in [0, 0.05) is 24.7 Å². The quantitative estimate of drug-likeness (QED) is 0.669. The number of halogens is 1. The summed E-state index contributed by atoms with van der Waals surface area (Å²) in [5.74, 6) is 0. The van der Waals surface area contributed by atoms with E-state index in [1.165, 1.54) is 0 Å². The van der Waals surface area contributed by atoms with Gasteiger partial charge in [0.2, 0.25) is 0 Å². The van der Waals surface area contributed by atoms with E-state index < -0.39 is 6.17 Å². The molecule has 2 atom stereocenters. The van der Waals surface area contributed by atoms with Crippen LogP contribution in [0.4, 0.5) is 4.39 Å². The van der Waals surface area contributed by atoms with Gasteiger partial charge < -0.3 is 5.32 Å². The molecule has 13 heavy (non-hydrogen) atoms. The SMILES string of the molecule is CNC1CCN(C(C)(C)C)CC1F. The van der Waals surface area contributed by atoms with Gasteiger partial charge in [-0.2, -0.15) is 0 Å². The number of rotatable bonds is 1. The molecule has 1 heterocycles. The molecular formula is C10H21FN2. The zero-order chi connectivity index (χ0) is 10.1. The fourth-order valence-corrected chi connectivity index (χ4v) is 1.84. The van der Waals surface area contributed by atoms with Crippen LogP contribution in [0.15, 0.2) is 0 Å². The summed E-state index contributed by atoms with van der Waals surface area (Å²) in [5.41, 5.74) is 0.100. The maximum atomic E-state index is 13.5. The summed E-state index contributed by atoms with van der Waals surface area (Å²) in [6.07, 6.45) is 0.188. The maximum absolute atomic E-state index is 13.5. The van der Waals surface area contributed by atoms with Gasteiger partial charge in [0.05, 0.1) is 0 Å². The number of nitrogens with zero attached hydrogens (tertiary/aromatic N) is 1. The minimum atomic E-state index is -0.724. The Bertz CT molecular complexity index is 165. The Morgan fingerprint density at radius 2 is 2.00 bits per heavy atom. The average molecular weight is 188 g/mol. The van der Waals surface area contributed by atoms with E-state index in [9.17, 15) is 4.39 Å². The van der Waals surface area contributed by atoms with E-state index in [1.54, 1.807) is 0 Å². The molecule has 1 N–H and O–H groups in total. The predicted octanol–water partition coefficient (Wildman–Crippen LogP) is 1.42. The summed E-state index contributed by atoms with van der Waals surface area (Å²) in [5, 5.41) is 3.02. The number of piperidine rings is 1. The first-order valence-corrected chi connectivity index (χ1v) is 5.01. The highest BCUT2D eigenvalue weighted by Gasteiger charge is 2.32. The van der Waals surface area contributed by atoms with Gasteiger partial charge in [-0.15, -0.1) is 0 Å². The van der Waals surface area contributed by atoms with Crippen molar-refractivity contribution in [3.05, 3.63) is 0 Å². The third-order valence-corrected chi connectivity index (χ3v) is 2.86. The Morgan fingerprint density at radius 1 is 1.38 bits per heavy atom. The summed E-state index contributed by atoms with van der Waals surface area (Å²) in [6.45, 7) is 7.97. The Labute approximate surface area is 80.5 Å². The smallest absolute Gasteiger partial charge is 0.128 e. The molecule has 0 aromatic heterocycles. The van der Waals surface area contributed by atoms with Crippen LogP contribution in [0, 0.1) is 0 Å². The van der Waals surface area contributed by atoms with E-state index >= 15 is 0 Å². The molecule has 3 heteroatoms. The van der Waals surface area contributed by atoms with Crippen LogP contribution in [0.3, 0.4) is 0 Å². The molecule has 1 saturated heterocycles. The van der Waals surface area contributed by atoms with Crippen molar-refractivity contribution >= 4 is 0 Å². The number of hydrogen-bond acceptors (Lipinski definition) is 2. The summed E-state index contributed by atoms with van der Waals surface area (Å²) in [7, 11) is 1.84. The maximum Gasteiger partial charge on any atom is 0.128 e. The number of hydrogen-bond donors (Lipinski definition) is 1. The molecule has 1 fully saturated rings. The molecule has 0 saturated carbocycles. The van der Waals surface area contributed by atoms with Crippen LogP contribution in [0.1, 0.15) is 27.2 Å². The molecule has 0 bridgehead atoms. The van der Waals surface area contributed by atoms with Gasteiger partial charge in [0.15, 0.2) is 0 Å². The molecule has 0 spiro atoms. The lowest BCUT2D eigenvalue weighted by Crippen LogP contribution is -2.55. The van der Waals surface area contributed by atoms with Crippen LogP contribution >= 0.6 is 0 Å². The second kappa shape index (κ2) is 3.93. The van der Waals surface area contributed by atoms with Crippen molar-refractivity contribution in [1.29, 1.82) is 0 Å². The monoisotopic (exact) mass is 188 g/mol. The fraction of sp³-hybridized carbons (Fsp3) is 1.00. The van der Waals surface area contributed by atoms with Gasteiger partial charge in [-0.3, -0.25) is 4.90 Å². The van der Waals surface area contributed by atoms with Crippen molar-refractivity contribution in [3.8, 4) is 0 Å². The van der Waals surface area contributed by atoms with Crippen LogP contribution in [0.25, 0.3) is 0 Å². The second-order valence-corrected chi connectivity index (χ2v) is 4.82. The number of alkyl halides is 1. The van der Waals surface area contributed by atoms with Crippen molar-refractivity contribution < 1.29 is 4.39 Å². The number of nitrogens with one attached hydrogen (secondary N) is 1. The lowest BCUT2D eigenvalue weighted by Gasteiger charge is -2.42. The van der Waals surface area contributed by atoms with Gasteiger partial charge in [-0.1, -0.05) is 0 Å². The van der Waals surface area contributed by atoms with Crippen LogP contribution in [0.5, 0.6) is 0 Å². The molecule has 1 rings (SSSR count). The summed E-state index contributed by atoms with van der Waals surface area (Å²) < 4.78 is 13.5. The Morgan fingerprint density at radius 3 is 2.38 bits per heavy atom. The van der Waals surface area contributed by atoms with Crippen molar-refractivity contribution in [2.75, 3.05) is 20.1 Å².